The maximum Gasteiger partial charge on any atom is 0.146 e. The zero-order valence-corrected chi connectivity index (χ0v) is 15.0. The first kappa shape index (κ1) is 14.9. The van der Waals surface area contributed by atoms with Gasteiger partial charge >= 0.3 is 0 Å². The van der Waals surface area contributed by atoms with Crippen LogP contribution in [0.5, 0.6) is 5.75 Å². The molecule has 2 aliphatic heterocycles. The lowest BCUT2D eigenvalue weighted by Gasteiger charge is -2.35. The Balaban J connectivity index is 1.78. The van der Waals surface area contributed by atoms with Gasteiger partial charge in [-0.3, -0.25) is 0 Å². The third-order valence-corrected chi connectivity index (χ3v) is 6.09. The van der Waals surface area contributed by atoms with Crippen LogP contribution in [0.25, 0.3) is 0 Å². The molecule has 2 nitrogen and oxygen atoms in total. The highest BCUT2D eigenvalue weighted by Crippen LogP contribution is 2.53. The van der Waals surface area contributed by atoms with Gasteiger partial charge in [-0.15, -0.1) is 0 Å². The Labute approximate surface area is 152 Å². The van der Waals surface area contributed by atoms with Crippen molar-refractivity contribution in [3.8, 4) is 5.75 Å². The largest absolute Gasteiger partial charge is 0.491 e. The molecule has 3 aromatic rings. The summed E-state index contributed by atoms with van der Waals surface area (Å²) in [5.74, 6) is 1.06. The summed E-state index contributed by atoms with van der Waals surface area (Å²) in [4.78, 5) is 4.93. The van der Waals surface area contributed by atoms with Crippen molar-refractivity contribution in [1.29, 1.82) is 0 Å². The number of benzene rings is 3. The molecule has 0 unspecified atom stereocenters. The van der Waals surface area contributed by atoms with E-state index in [2.05, 4.69) is 72.5 Å². The molecule has 0 saturated heterocycles. The van der Waals surface area contributed by atoms with E-state index in [-0.39, 0.29) is 0 Å². The Hall–Kier alpha value is -2.39. The highest BCUT2D eigenvalue weighted by atomic mass is 32.2. The normalized spacial score (nSPS) is 15.0. The van der Waals surface area contributed by atoms with Gasteiger partial charge in [0, 0.05) is 9.79 Å². The van der Waals surface area contributed by atoms with Gasteiger partial charge in [0.2, 0.25) is 0 Å². The number of rotatable bonds is 1. The van der Waals surface area contributed by atoms with Gasteiger partial charge in [0.15, 0.2) is 0 Å². The van der Waals surface area contributed by atoms with Gasteiger partial charge in [-0.1, -0.05) is 42.1 Å². The minimum absolute atomic E-state index is 0.801. The standard InChI is InChI=1S/C22H19NOS/c1-15-12-13-19(22-16(15)7-6-14-24-22)23-17-8-2-4-10-20(17)25-21-11-5-3-9-18(21)23/h2-5,8-13H,6-7,14H2,1H3. The summed E-state index contributed by atoms with van der Waals surface area (Å²) in [7, 11) is 0. The fourth-order valence-electron chi connectivity index (χ4n) is 3.75. The minimum atomic E-state index is 0.801. The lowest BCUT2D eigenvalue weighted by atomic mass is 9.98. The van der Waals surface area contributed by atoms with E-state index >= 15 is 0 Å². The number of fused-ring (bicyclic) bond motifs is 3. The molecule has 0 N–H and O–H groups in total. The molecule has 3 heteroatoms. The number of hydrogen-bond acceptors (Lipinski definition) is 3. The van der Waals surface area contributed by atoms with E-state index in [0.717, 1.165) is 30.9 Å². The average molecular weight is 345 g/mol. The smallest absolute Gasteiger partial charge is 0.146 e. The monoisotopic (exact) mass is 345 g/mol. The van der Waals surface area contributed by atoms with Crippen molar-refractivity contribution >= 4 is 28.8 Å². The van der Waals surface area contributed by atoms with Crippen LogP contribution in [0.2, 0.25) is 0 Å². The van der Waals surface area contributed by atoms with E-state index in [0.29, 0.717) is 0 Å². The second-order valence-corrected chi connectivity index (χ2v) is 7.62. The van der Waals surface area contributed by atoms with E-state index in [1.165, 1.54) is 32.3 Å². The van der Waals surface area contributed by atoms with Gasteiger partial charge < -0.3 is 9.64 Å². The Kier molecular flexibility index (Phi) is 3.49. The molecule has 0 bridgehead atoms. The molecular weight excluding hydrogens is 326 g/mol. The van der Waals surface area contributed by atoms with Gasteiger partial charge in [-0.05, 0) is 61.2 Å². The quantitative estimate of drug-likeness (QED) is 0.404. The summed E-state index contributed by atoms with van der Waals surface area (Å²) in [5.41, 5.74) is 6.29. The first-order valence-electron chi connectivity index (χ1n) is 8.74. The van der Waals surface area contributed by atoms with Crippen LogP contribution in [0, 0.1) is 6.92 Å². The second-order valence-electron chi connectivity index (χ2n) is 6.53. The molecular formula is C22H19NOS. The lowest BCUT2D eigenvalue weighted by Crippen LogP contribution is -2.19. The number of ether oxygens (including phenoxy) is 1. The molecule has 5 rings (SSSR count). The van der Waals surface area contributed by atoms with Crippen molar-refractivity contribution in [3.05, 3.63) is 71.8 Å². The van der Waals surface area contributed by atoms with Crippen molar-refractivity contribution in [2.75, 3.05) is 11.5 Å². The molecule has 25 heavy (non-hydrogen) atoms. The maximum absolute atomic E-state index is 6.17. The van der Waals surface area contributed by atoms with Crippen molar-refractivity contribution in [1.82, 2.24) is 0 Å². The number of nitrogens with zero attached hydrogens (tertiary/aromatic N) is 1. The zero-order valence-electron chi connectivity index (χ0n) is 14.2. The lowest BCUT2D eigenvalue weighted by molar-refractivity contribution is 0.289. The predicted octanol–water partition coefficient (Wildman–Crippen LogP) is 6.25. The fourth-order valence-corrected chi connectivity index (χ4v) is 4.81. The summed E-state index contributed by atoms with van der Waals surface area (Å²) in [6.07, 6.45) is 2.20. The predicted molar refractivity (Wildman–Crippen MR) is 104 cm³/mol. The Morgan fingerprint density at radius 2 is 1.52 bits per heavy atom. The maximum atomic E-state index is 6.17. The van der Waals surface area contributed by atoms with Crippen LogP contribution in [0.1, 0.15) is 17.5 Å². The molecule has 2 heterocycles. The van der Waals surface area contributed by atoms with Crippen LogP contribution in [-0.2, 0) is 6.42 Å². The van der Waals surface area contributed by atoms with Crippen molar-refractivity contribution in [2.24, 2.45) is 0 Å². The summed E-state index contributed by atoms with van der Waals surface area (Å²) >= 11 is 1.84. The molecule has 0 radical (unpaired) electrons. The molecule has 0 aromatic heterocycles. The topological polar surface area (TPSA) is 12.5 Å². The Bertz CT molecular complexity index is 920. The van der Waals surface area contributed by atoms with Crippen LogP contribution < -0.4 is 9.64 Å². The average Bonchev–Trinajstić information content (AvgIpc) is 2.67. The molecule has 0 atom stereocenters. The third-order valence-electron chi connectivity index (χ3n) is 4.96. The molecule has 2 aliphatic rings. The van der Waals surface area contributed by atoms with Gasteiger partial charge in [0.05, 0.1) is 23.7 Å². The molecule has 0 aliphatic carbocycles. The van der Waals surface area contributed by atoms with Crippen LogP contribution in [0.4, 0.5) is 17.1 Å². The highest BCUT2D eigenvalue weighted by Gasteiger charge is 2.28. The summed E-state index contributed by atoms with van der Waals surface area (Å²) in [5, 5.41) is 0. The number of aryl methyl sites for hydroxylation is 1. The Morgan fingerprint density at radius 3 is 2.24 bits per heavy atom. The highest BCUT2D eigenvalue weighted by molar-refractivity contribution is 7.99. The van der Waals surface area contributed by atoms with Crippen molar-refractivity contribution in [2.45, 2.75) is 29.6 Å². The number of para-hydroxylation sites is 2. The van der Waals surface area contributed by atoms with Crippen LogP contribution >= 0.6 is 11.8 Å². The van der Waals surface area contributed by atoms with Gasteiger partial charge in [-0.2, -0.15) is 0 Å². The van der Waals surface area contributed by atoms with E-state index < -0.39 is 0 Å². The van der Waals surface area contributed by atoms with Crippen molar-refractivity contribution in [3.63, 3.8) is 0 Å². The molecule has 3 aromatic carbocycles. The van der Waals surface area contributed by atoms with E-state index in [9.17, 15) is 0 Å². The van der Waals surface area contributed by atoms with E-state index in [1.54, 1.807) is 0 Å². The van der Waals surface area contributed by atoms with Crippen molar-refractivity contribution < 1.29 is 4.74 Å². The summed E-state index contributed by atoms with van der Waals surface area (Å²) in [6, 6.07) is 21.7. The number of hydrogen-bond donors (Lipinski definition) is 0. The van der Waals surface area contributed by atoms with Crippen LogP contribution in [-0.4, -0.2) is 6.61 Å². The van der Waals surface area contributed by atoms with Gasteiger partial charge in [0.1, 0.15) is 5.75 Å². The first-order valence-corrected chi connectivity index (χ1v) is 9.56. The van der Waals surface area contributed by atoms with Crippen LogP contribution in [0.3, 0.4) is 0 Å². The van der Waals surface area contributed by atoms with E-state index in [1.807, 2.05) is 11.8 Å². The molecule has 0 spiro atoms. The van der Waals surface area contributed by atoms with Gasteiger partial charge in [-0.25, -0.2) is 0 Å². The first-order chi connectivity index (χ1) is 12.3. The third kappa shape index (κ3) is 2.34. The zero-order chi connectivity index (χ0) is 16.8. The molecule has 0 amide bonds. The summed E-state index contributed by atoms with van der Waals surface area (Å²) < 4.78 is 6.17. The Morgan fingerprint density at radius 1 is 0.840 bits per heavy atom. The van der Waals surface area contributed by atoms with Crippen LogP contribution in [0.15, 0.2) is 70.5 Å². The molecule has 0 fully saturated rings. The fraction of sp³-hybridized carbons (Fsp3) is 0.182. The summed E-state index contributed by atoms with van der Waals surface area (Å²) in [6.45, 7) is 2.99. The SMILES string of the molecule is Cc1ccc(N2c3ccccc3Sc3ccccc32)c2c1CCCO2. The van der Waals surface area contributed by atoms with Gasteiger partial charge in [0.25, 0.3) is 0 Å². The molecule has 124 valence electrons. The minimum Gasteiger partial charge on any atom is -0.491 e. The van der Waals surface area contributed by atoms with E-state index in [4.69, 9.17) is 4.74 Å². The number of anilines is 3. The second kappa shape index (κ2) is 5.85. The molecule has 0 saturated carbocycles.